The van der Waals surface area contributed by atoms with Crippen LogP contribution in [0, 0.1) is 11.8 Å². The van der Waals surface area contributed by atoms with Gasteiger partial charge in [0.2, 0.25) is 0 Å². The Bertz CT molecular complexity index is 1760. The van der Waals surface area contributed by atoms with E-state index in [0.717, 1.165) is 30.7 Å². The number of thiocarbonyl (C=S) groups is 1. The molecule has 7 heteroatoms. The SMILES string of the molecule is CCCCC[C@@H](C=CC1C(O[Si](c2ccccc2)(c2ccccc2)C(C)(C)C)CC2(S)NC(=S)CC12)O[Si](c1ccccc1)(c1ccccc1)C(C)(C)C. The van der Waals surface area contributed by atoms with Crippen molar-refractivity contribution in [2.24, 2.45) is 11.8 Å². The maximum atomic E-state index is 7.93. The van der Waals surface area contributed by atoms with Crippen molar-refractivity contribution in [2.45, 2.75) is 114 Å². The van der Waals surface area contributed by atoms with Crippen LogP contribution >= 0.6 is 24.8 Å². The number of fused-ring (bicyclic) bond motifs is 1. The Morgan fingerprint density at radius 1 is 0.741 bits per heavy atom. The number of hydrogen-bond acceptors (Lipinski definition) is 4. The van der Waals surface area contributed by atoms with Crippen molar-refractivity contribution < 1.29 is 8.85 Å². The molecule has 54 heavy (non-hydrogen) atoms. The smallest absolute Gasteiger partial charge is 0.261 e. The second-order valence-electron chi connectivity index (χ2n) is 17.6. The van der Waals surface area contributed by atoms with Crippen molar-refractivity contribution in [1.29, 1.82) is 0 Å². The summed E-state index contributed by atoms with van der Waals surface area (Å²) in [5, 5.41) is 8.63. The van der Waals surface area contributed by atoms with E-state index in [4.69, 9.17) is 33.7 Å². The molecule has 4 aromatic carbocycles. The van der Waals surface area contributed by atoms with Gasteiger partial charge < -0.3 is 14.2 Å². The van der Waals surface area contributed by atoms with Gasteiger partial charge >= 0.3 is 0 Å². The molecule has 1 aliphatic heterocycles. The van der Waals surface area contributed by atoms with Gasteiger partial charge in [0.25, 0.3) is 16.6 Å². The lowest BCUT2D eigenvalue weighted by Gasteiger charge is -2.46. The molecule has 0 bridgehead atoms. The first kappa shape index (κ1) is 40.9. The third-order valence-corrected chi connectivity index (χ3v) is 22.9. The first-order valence-electron chi connectivity index (χ1n) is 20.0. The molecule has 0 radical (unpaired) electrons. The second-order valence-corrected chi connectivity index (χ2v) is 27.4. The third-order valence-electron chi connectivity index (χ3n) is 11.9. The zero-order valence-corrected chi connectivity index (χ0v) is 37.1. The molecule has 4 aromatic rings. The standard InChI is InChI=1S/C47H61NO2S2Si2/c1-8-9-14-23-36(49-53(45(2,3)4,37-24-15-10-16-25-37)38-26-17-11-18-27-38)32-33-41-42-34-44(51)48-47(42,52)35-43(41)50-54(46(5,6)7,39-28-19-12-20-29-39)40-30-21-13-22-31-40/h10-13,15-22,24-33,36,41-43,52H,8-9,14,23,34-35H2,1-7H3,(H,48,51)/t36-,41?,42?,43?,47?/m0/s1. The number of rotatable bonds is 14. The number of thiol groups is 1. The third kappa shape index (κ3) is 8.05. The Kier molecular flexibility index (Phi) is 12.7. The molecule has 3 nitrogen and oxygen atoms in total. The highest BCUT2D eigenvalue weighted by molar-refractivity contribution is 7.82. The predicted octanol–water partition coefficient (Wildman–Crippen LogP) is 9.60. The van der Waals surface area contributed by atoms with Gasteiger partial charge in [-0.15, -0.1) is 0 Å². The summed E-state index contributed by atoms with van der Waals surface area (Å²) in [5.74, 6) is 0.311. The van der Waals surface area contributed by atoms with Crippen LogP contribution < -0.4 is 26.1 Å². The van der Waals surface area contributed by atoms with Gasteiger partial charge in [-0.2, -0.15) is 12.6 Å². The van der Waals surface area contributed by atoms with E-state index in [0.29, 0.717) is 0 Å². The summed E-state index contributed by atoms with van der Waals surface area (Å²) < 4.78 is 15.8. The van der Waals surface area contributed by atoms with Crippen LogP contribution in [-0.2, 0) is 8.85 Å². The van der Waals surface area contributed by atoms with Crippen LogP contribution in [0.3, 0.4) is 0 Å². The summed E-state index contributed by atoms with van der Waals surface area (Å²) in [5.41, 5.74) is 0. The molecular weight excluding hydrogens is 731 g/mol. The molecule has 0 amide bonds. The van der Waals surface area contributed by atoms with Crippen LogP contribution in [0.15, 0.2) is 133 Å². The number of nitrogens with one attached hydrogen (secondary N) is 1. The van der Waals surface area contributed by atoms with Crippen LogP contribution in [0.1, 0.15) is 87.0 Å². The van der Waals surface area contributed by atoms with Gasteiger partial charge in [0.05, 0.1) is 22.1 Å². The van der Waals surface area contributed by atoms with Crippen LogP contribution in [0.2, 0.25) is 10.1 Å². The zero-order valence-electron chi connectivity index (χ0n) is 33.4. The molecule has 1 saturated carbocycles. The molecule has 5 atom stereocenters. The van der Waals surface area contributed by atoms with Gasteiger partial charge in [0.1, 0.15) is 0 Å². The summed E-state index contributed by atoms with van der Waals surface area (Å²) in [4.78, 5) is 0.471. The van der Waals surface area contributed by atoms with Gasteiger partial charge in [-0.3, -0.25) is 0 Å². The molecule has 0 spiro atoms. The fourth-order valence-corrected chi connectivity index (χ4v) is 19.8. The first-order chi connectivity index (χ1) is 25.7. The molecule has 1 heterocycles. The molecule has 2 aliphatic rings. The Morgan fingerprint density at radius 2 is 1.19 bits per heavy atom. The average molecular weight is 792 g/mol. The van der Waals surface area contributed by atoms with Crippen molar-refractivity contribution >= 4 is 67.2 Å². The summed E-state index contributed by atoms with van der Waals surface area (Å²) in [7, 11) is -5.63. The molecule has 1 saturated heterocycles. The number of hydrogen-bond donors (Lipinski definition) is 2. The predicted molar refractivity (Wildman–Crippen MR) is 242 cm³/mol. The van der Waals surface area contributed by atoms with E-state index in [1.807, 2.05) is 0 Å². The highest BCUT2D eigenvalue weighted by Crippen LogP contribution is 2.52. The lowest BCUT2D eigenvalue weighted by atomic mass is 9.91. The Morgan fingerprint density at radius 3 is 1.61 bits per heavy atom. The minimum absolute atomic E-state index is 0.0604. The summed E-state index contributed by atoms with van der Waals surface area (Å²) in [6.07, 6.45) is 10.8. The van der Waals surface area contributed by atoms with Crippen molar-refractivity contribution in [2.75, 3.05) is 0 Å². The van der Waals surface area contributed by atoms with Crippen LogP contribution in [0.5, 0.6) is 0 Å². The molecule has 4 unspecified atom stereocenters. The Hall–Kier alpha value is -2.79. The first-order valence-corrected chi connectivity index (χ1v) is 24.7. The van der Waals surface area contributed by atoms with Crippen LogP contribution in [-0.4, -0.2) is 38.7 Å². The van der Waals surface area contributed by atoms with Crippen molar-refractivity contribution in [1.82, 2.24) is 5.32 Å². The van der Waals surface area contributed by atoms with E-state index in [9.17, 15) is 0 Å². The maximum Gasteiger partial charge on any atom is 0.261 e. The largest absolute Gasteiger partial charge is 0.404 e. The van der Waals surface area contributed by atoms with Gasteiger partial charge in [-0.25, -0.2) is 0 Å². The molecular formula is C47H61NO2S2Si2. The normalized spacial score (nSPS) is 22.7. The minimum atomic E-state index is -2.84. The van der Waals surface area contributed by atoms with Crippen LogP contribution in [0.4, 0.5) is 0 Å². The molecule has 1 N–H and O–H groups in total. The van der Waals surface area contributed by atoms with Gasteiger partial charge in [-0.1, -0.05) is 213 Å². The van der Waals surface area contributed by atoms with Gasteiger partial charge in [0, 0.05) is 24.7 Å². The van der Waals surface area contributed by atoms with Crippen LogP contribution in [0.25, 0.3) is 0 Å². The lowest BCUT2D eigenvalue weighted by Crippen LogP contribution is -2.68. The Balaban J connectivity index is 1.46. The minimum Gasteiger partial charge on any atom is -0.404 e. The van der Waals surface area contributed by atoms with E-state index in [1.165, 1.54) is 33.6 Å². The number of benzene rings is 4. The lowest BCUT2D eigenvalue weighted by molar-refractivity contribution is 0.153. The highest BCUT2D eigenvalue weighted by atomic mass is 32.1. The van der Waals surface area contributed by atoms with E-state index in [1.54, 1.807) is 0 Å². The van der Waals surface area contributed by atoms with Crippen molar-refractivity contribution in [3.63, 3.8) is 0 Å². The van der Waals surface area contributed by atoms with Crippen molar-refractivity contribution in [3.05, 3.63) is 133 Å². The van der Waals surface area contributed by atoms with Crippen molar-refractivity contribution in [3.8, 4) is 0 Å². The monoisotopic (exact) mass is 791 g/mol. The summed E-state index contributed by atoms with van der Waals surface area (Å²) >= 11 is 11.3. The highest BCUT2D eigenvalue weighted by Gasteiger charge is 2.60. The molecule has 6 rings (SSSR count). The van der Waals surface area contributed by atoms with Gasteiger partial charge in [0.15, 0.2) is 0 Å². The molecule has 1 aliphatic carbocycles. The molecule has 286 valence electrons. The summed E-state index contributed by atoms with van der Waals surface area (Å²) in [6.45, 7) is 16.5. The maximum absolute atomic E-state index is 7.93. The fourth-order valence-electron chi connectivity index (χ4n) is 9.37. The van der Waals surface area contributed by atoms with E-state index in [-0.39, 0.29) is 34.1 Å². The zero-order chi connectivity index (χ0) is 38.6. The average Bonchev–Trinajstić information content (AvgIpc) is 3.58. The molecule has 2 fully saturated rings. The number of unbranched alkanes of at least 4 members (excludes halogenated alkanes) is 2. The quantitative estimate of drug-likeness (QED) is 0.0438. The second kappa shape index (κ2) is 16.7. The molecule has 0 aromatic heterocycles. The van der Waals surface area contributed by atoms with Gasteiger partial charge in [-0.05, 0) is 37.2 Å². The topological polar surface area (TPSA) is 30.5 Å². The Labute approximate surface area is 339 Å². The fraction of sp³-hybridized carbons (Fsp3) is 0.426. The van der Waals surface area contributed by atoms with E-state index >= 15 is 0 Å². The summed E-state index contributed by atoms with van der Waals surface area (Å²) in [6, 6.07) is 44.1. The van der Waals surface area contributed by atoms with E-state index in [2.05, 4.69) is 187 Å². The van der Waals surface area contributed by atoms with E-state index < -0.39 is 21.5 Å².